The van der Waals surface area contributed by atoms with Crippen molar-refractivity contribution in [1.29, 1.82) is 0 Å². The zero-order valence-electron chi connectivity index (χ0n) is 14.2. The van der Waals surface area contributed by atoms with E-state index in [-0.39, 0.29) is 22.6 Å². The van der Waals surface area contributed by atoms with Crippen LogP contribution < -0.4 is 4.74 Å². The number of hydrogen-bond donors (Lipinski definition) is 0. The van der Waals surface area contributed by atoms with E-state index in [1.54, 1.807) is 12.1 Å². The topological polar surface area (TPSA) is 68.2 Å². The Kier molecular flexibility index (Phi) is 5.74. The highest BCUT2D eigenvalue weighted by Crippen LogP contribution is 2.41. The summed E-state index contributed by atoms with van der Waals surface area (Å²) in [6, 6.07) is 10.2. The number of halogens is 3. The van der Waals surface area contributed by atoms with Crippen LogP contribution >= 0.6 is 39.1 Å². The maximum absolute atomic E-state index is 12.1. The van der Waals surface area contributed by atoms with Gasteiger partial charge in [-0.3, -0.25) is 9.59 Å². The average Bonchev–Trinajstić information content (AvgIpc) is 3.03. The third-order valence-electron chi connectivity index (χ3n) is 3.61. The van der Waals surface area contributed by atoms with Gasteiger partial charge in [-0.25, -0.2) is 0 Å². The van der Waals surface area contributed by atoms with Gasteiger partial charge in [-0.05, 0) is 36.4 Å². The van der Waals surface area contributed by atoms with Gasteiger partial charge < -0.3 is 9.47 Å². The molecule has 1 amide bonds. The fourth-order valence-corrected chi connectivity index (χ4v) is 3.31. The number of amides is 1. The van der Waals surface area contributed by atoms with E-state index in [4.69, 9.17) is 32.7 Å². The van der Waals surface area contributed by atoms with Gasteiger partial charge in [-0.15, -0.1) is 5.10 Å². The van der Waals surface area contributed by atoms with Gasteiger partial charge in [0.1, 0.15) is 0 Å². The molecular formula is C18H13BrCl2N2O4. The summed E-state index contributed by atoms with van der Waals surface area (Å²) in [5.41, 5.74) is 0.989. The molecule has 0 aromatic heterocycles. The van der Waals surface area contributed by atoms with E-state index in [1.165, 1.54) is 26.0 Å². The van der Waals surface area contributed by atoms with E-state index in [0.717, 1.165) is 9.48 Å². The first kappa shape index (κ1) is 19.7. The Morgan fingerprint density at radius 2 is 1.85 bits per heavy atom. The minimum absolute atomic E-state index is 0.0667. The minimum Gasteiger partial charge on any atom is -0.446 e. The number of nitrogens with zero attached hydrogens (tertiary/aromatic N) is 2. The molecule has 1 aliphatic rings. The lowest BCUT2D eigenvalue weighted by molar-refractivity contribution is -0.135. The molecule has 6 nitrogen and oxygen atoms in total. The number of ether oxygens (including phenoxy) is 2. The van der Waals surface area contributed by atoms with Crippen LogP contribution in [0.5, 0.6) is 5.75 Å². The summed E-state index contributed by atoms with van der Waals surface area (Å²) in [6.07, 6.45) is -0.980. The van der Waals surface area contributed by atoms with E-state index < -0.39 is 12.2 Å². The Labute approximate surface area is 173 Å². The summed E-state index contributed by atoms with van der Waals surface area (Å²) in [7, 11) is 0. The fraction of sp³-hybridized carbons (Fsp3) is 0.167. The molecule has 0 N–H and O–H groups in total. The van der Waals surface area contributed by atoms with Crippen molar-refractivity contribution in [2.75, 3.05) is 0 Å². The Hall–Kier alpha value is -2.09. The Morgan fingerprint density at radius 1 is 1.19 bits per heavy atom. The summed E-state index contributed by atoms with van der Waals surface area (Å²) < 4.78 is 12.0. The second-order valence-electron chi connectivity index (χ2n) is 5.65. The van der Waals surface area contributed by atoms with Crippen LogP contribution in [-0.4, -0.2) is 22.8 Å². The molecule has 1 atom stereocenters. The van der Waals surface area contributed by atoms with Crippen molar-refractivity contribution in [2.45, 2.75) is 20.1 Å². The first-order valence-corrected chi connectivity index (χ1v) is 9.29. The second kappa shape index (κ2) is 7.88. The highest BCUT2D eigenvalue weighted by atomic mass is 79.9. The van der Waals surface area contributed by atoms with Crippen molar-refractivity contribution in [2.24, 2.45) is 5.10 Å². The molecule has 140 valence electrons. The van der Waals surface area contributed by atoms with Crippen LogP contribution in [0.15, 0.2) is 46.0 Å². The monoisotopic (exact) mass is 470 g/mol. The second-order valence-corrected chi connectivity index (χ2v) is 7.40. The smallest absolute Gasteiger partial charge is 0.308 e. The zero-order chi connectivity index (χ0) is 19.7. The maximum Gasteiger partial charge on any atom is 0.308 e. The lowest BCUT2D eigenvalue weighted by Crippen LogP contribution is -2.26. The maximum atomic E-state index is 12.1. The van der Waals surface area contributed by atoms with Gasteiger partial charge >= 0.3 is 5.97 Å². The Bertz CT molecular complexity index is 947. The SMILES string of the molecule is CC(=O)Oc1c(Cl)cc(Cl)cc1[C@H]1OC(c2ccc(Br)cc2)=NN1C(C)=O. The molecular weight excluding hydrogens is 459 g/mol. The molecule has 0 bridgehead atoms. The summed E-state index contributed by atoms with van der Waals surface area (Å²) in [5.74, 6) is -0.622. The van der Waals surface area contributed by atoms with Crippen LogP contribution in [-0.2, 0) is 14.3 Å². The number of hydrazone groups is 1. The quantitative estimate of drug-likeness (QED) is 0.470. The van der Waals surface area contributed by atoms with Gasteiger partial charge in [-0.2, -0.15) is 5.01 Å². The van der Waals surface area contributed by atoms with Crippen molar-refractivity contribution >= 4 is 56.9 Å². The zero-order valence-corrected chi connectivity index (χ0v) is 17.3. The number of rotatable bonds is 3. The van der Waals surface area contributed by atoms with Crippen molar-refractivity contribution in [3.63, 3.8) is 0 Å². The summed E-state index contributed by atoms with van der Waals surface area (Å²) in [5, 5.41) is 5.83. The predicted molar refractivity (Wildman–Crippen MR) is 105 cm³/mol. The van der Waals surface area contributed by atoms with Crippen molar-refractivity contribution < 1.29 is 19.1 Å². The normalized spacial score (nSPS) is 16.0. The molecule has 0 unspecified atom stereocenters. The molecule has 3 rings (SSSR count). The van der Waals surface area contributed by atoms with Gasteiger partial charge in [0.05, 0.1) is 10.6 Å². The number of esters is 1. The van der Waals surface area contributed by atoms with Crippen molar-refractivity contribution in [3.05, 3.63) is 62.0 Å². The molecule has 2 aromatic carbocycles. The van der Waals surface area contributed by atoms with Crippen molar-refractivity contribution in [1.82, 2.24) is 5.01 Å². The molecule has 0 aliphatic carbocycles. The van der Waals surface area contributed by atoms with Crippen LogP contribution in [0.3, 0.4) is 0 Å². The fourth-order valence-electron chi connectivity index (χ4n) is 2.49. The first-order valence-electron chi connectivity index (χ1n) is 7.74. The van der Waals surface area contributed by atoms with E-state index in [1.807, 2.05) is 12.1 Å². The van der Waals surface area contributed by atoms with Gasteiger partial charge in [-0.1, -0.05) is 39.1 Å². The standard InChI is InChI=1S/C18H13BrCl2N2O4/c1-9(24)23-18(27-17(22-23)11-3-5-12(19)6-4-11)14-7-13(20)8-15(21)16(14)26-10(2)25/h3-8,18H,1-2H3/t18-/m1/s1. The van der Waals surface area contributed by atoms with Crippen molar-refractivity contribution in [3.8, 4) is 5.75 Å². The average molecular weight is 472 g/mol. The molecule has 0 spiro atoms. The lowest BCUT2D eigenvalue weighted by Gasteiger charge is -2.22. The number of carbonyl (C=O) groups is 2. The third-order valence-corrected chi connectivity index (χ3v) is 4.63. The molecule has 0 fully saturated rings. The van der Waals surface area contributed by atoms with E-state index in [2.05, 4.69) is 21.0 Å². The number of benzene rings is 2. The summed E-state index contributed by atoms with van der Waals surface area (Å²) >= 11 is 15.7. The molecule has 2 aromatic rings. The van der Waals surface area contributed by atoms with Crippen LogP contribution in [0.1, 0.15) is 31.2 Å². The van der Waals surface area contributed by atoms with Gasteiger partial charge in [0.25, 0.3) is 0 Å². The minimum atomic E-state index is -0.980. The third kappa shape index (κ3) is 4.26. The summed E-state index contributed by atoms with van der Waals surface area (Å²) in [6.45, 7) is 2.60. The van der Waals surface area contributed by atoms with E-state index in [9.17, 15) is 9.59 Å². The van der Waals surface area contributed by atoms with E-state index >= 15 is 0 Å². The molecule has 1 aliphatic heterocycles. The van der Waals surface area contributed by atoms with E-state index in [0.29, 0.717) is 16.1 Å². The molecule has 0 saturated heterocycles. The molecule has 27 heavy (non-hydrogen) atoms. The van der Waals surface area contributed by atoms with Gasteiger partial charge in [0.15, 0.2) is 5.75 Å². The first-order chi connectivity index (χ1) is 12.8. The Balaban J connectivity index is 2.05. The number of hydrogen-bond acceptors (Lipinski definition) is 5. The molecule has 0 saturated carbocycles. The molecule has 9 heteroatoms. The number of carbonyl (C=O) groups excluding carboxylic acids is 2. The highest BCUT2D eigenvalue weighted by Gasteiger charge is 2.36. The predicted octanol–water partition coefficient (Wildman–Crippen LogP) is 4.92. The Morgan fingerprint density at radius 3 is 2.44 bits per heavy atom. The highest BCUT2D eigenvalue weighted by molar-refractivity contribution is 9.10. The summed E-state index contributed by atoms with van der Waals surface area (Å²) in [4.78, 5) is 23.6. The van der Waals surface area contributed by atoms with Crippen LogP contribution in [0.25, 0.3) is 0 Å². The van der Waals surface area contributed by atoms with Gasteiger partial charge in [0, 0.05) is 28.9 Å². The van der Waals surface area contributed by atoms with Gasteiger partial charge in [0.2, 0.25) is 18.0 Å². The molecule has 1 heterocycles. The van der Waals surface area contributed by atoms with Crippen LogP contribution in [0.2, 0.25) is 10.0 Å². The molecule has 0 radical (unpaired) electrons. The largest absolute Gasteiger partial charge is 0.446 e. The van der Waals surface area contributed by atoms with Crippen LogP contribution in [0.4, 0.5) is 0 Å². The van der Waals surface area contributed by atoms with Crippen LogP contribution in [0, 0.1) is 0 Å². The lowest BCUT2D eigenvalue weighted by atomic mass is 10.1.